The highest BCUT2D eigenvalue weighted by Gasteiger charge is 2.43. The van der Waals surface area contributed by atoms with Gasteiger partial charge in [0.2, 0.25) is 5.91 Å². The van der Waals surface area contributed by atoms with Gasteiger partial charge in [-0.15, -0.1) is 0 Å². The molecule has 1 saturated heterocycles. The number of hydrogen-bond donors (Lipinski definition) is 0. The lowest BCUT2D eigenvalue weighted by atomic mass is 10.0. The third-order valence-corrected chi connectivity index (χ3v) is 4.10. The highest BCUT2D eigenvalue weighted by atomic mass is 19.4. The molecule has 1 aliphatic carbocycles. The van der Waals surface area contributed by atoms with Crippen LogP contribution in [0.5, 0.6) is 0 Å². The molecule has 1 aliphatic heterocycles. The van der Waals surface area contributed by atoms with Gasteiger partial charge in [0.25, 0.3) is 0 Å². The molecule has 2 rings (SSSR count). The largest absolute Gasteiger partial charge is 0.471 e. The molecule has 2 fully saturated rings. The Morgan fingerprint density at radius 2 is 1.45 bits per heavy atom. The number of nitrogens with zero attached hydrogens (tertiary/aromatic N) is 2. The number of rotatable bonds is 2. The van der Waals surface area contributed by atoms with E-state index < -0.39 is 12.1 Å². The van der Waals surface area contributed by atoms with Gasteiger partial charge in [0, 0.05) is 32.6 Å². The normalized spacial score (nSPS) is 21.4. The van der Waals surface area contributed by atoms with Gasteiger partial charge in [-0.25, -0.2) is 0 Å². The smallest absolute Gasteiger partial charge is 0.339 e. The van der Waals surface area contributed by atoms with Crippen LogP contribution in [0.4, 0.5) is 13.2 Å². The van der Waals surface area contributed by atoms with Crippen molar-refractivity contribution < 1.29 is 22.8 Å². The maximum absolute atomic E-state index is 12.3. The number of piperazine rings is 1. The number of carbonyl (C=O) groups excluding carboxylic acids is 2. The highest BCUT2D eigenvalue weighted by Crippen LogP contribution is 2.28. The van der Waals surface area contributed by atoms with Crippen molar-refractivity contribution in [2.75, 3.05) is 26.2 Å². The maximum Gasteiger partial charge on any atom is 0.471 e. The molecule has 0 unspecified atom stereocenters. The van der Waals surface area contributed by atoms with Crippen molar-refractivity contribution in [3.63, 3.8) is 0 Å². The summed E-state index contributed by atoms with van der Waals surface area (Å²) in [5.74, 6) is -1.37. The van der Waals surface area contributed by atoms with Crippen LogP contribution >= 0.6 is 0 Å². The first-order valence-electron chi connectivity index (χ1n) is 7.02. The monoisotopic (exact) mass is 292 g/mol. The molecule has 114 valence electrons. The van der Waals surface area contributed by atoms with E-state index in [4.69, 9.17) is 0 Å². The summed E-state index contributed by atoms with van der Waals surface area (Å²) in [6, 6.07) is 0. The molecule has 0 N–H and O–H groups in total. The fraction of sp³-hybridized carbons (Fsp3) is 0.846. The molecule has 0 aromatic heterocycles. The second kappa shape index (κ2) is 6.01. The second-order valence-electron chi connectivity index (χ2n) is 5.53. The van der Waals surface area contributed by atoms with Gasteiger partial charge in [0.05, 0.1) is 0 Å². The van der Waals surface area contributed by atoms with Crippen molar-refractivity contribution in [3.05, 3.63) is 0 Å². The van der Waals surface area contributed by atoms with E-state index >= 15 is 0 Å². The fourth-order valence-corrected chi connectivity index (χ4v) is 2.93. The average molecular weight is 292 g/mol. The molecule has 0 bridgehead atoms. The van der Waals surface area contributed by atoms with E-state index in [9.17, 15) is 22.8 Å². The van der Waals surface area contributed by atoms with Gasteiger partial charge in [-0.1, -0.05) is 12.8 Å². The van der Waals surface area contributed by atoms with Crippen LogP contribution in [-0.4, -0.2) is 54.0 Å². The van der Waals surface area contributed by atoms with Crippen molar-refractivity contribution in [3.8, 4) is 0 Å². The van der Waals surface area contributed by atoms with Crippen LogP contribution in [0.25, 0.3) is 0 Å². The summed E-state index contributed by atoms with van der Waals surface area (Å²) in [6.45, 7) is 0.338. The van der Waals surface area contributed by atoms with Crippen LogP contribution < -0.4 is 0 Å². The predicted octanol–water partition coefficient (Wildman–Crippen LogP) is 1.80. The Hall–Kier alpha value is -1.27. The van der Waals surface area contributed by atoms with Crippen LogP contribution in [0.2, 0.25) is 0 Å². The summed E-state index contributed by atoms with van der Waals surface area (Å²) < 4.78 is 36.9. The molecule has 0 atom stereocenters. The Morgan fingerprint density at radius 3 is 1.95 bits per heavy atom. The van der Waals surface area contributed by atoms with Gasteiger partial charge in [0.15, 0.2) is 0 Å². The minimum Gasteiger partial charge on any atom is -0.339 e. The molecule has 20 heavy (non-hydrogen) atoms. The molecule has 7 heteroatoms. The molecule has 1 saturated carbocycles. The zero-order valence-electron chi connectivity index (χ0n) is 11.3. The third kappa shape index (κ3) is 3.64. The molecule has 0 radical (unpaired) electrons. The summed E-state index contributed by atoms with van der Waals surface area (Å²) in [4.78, 5) is 25.5. The number of amides is 2. The molecule has 4 nitrogen and oxygen atoms in total. The van der Waals surface area contributed by atoms with E-state index in [0.717, 1.165) is 30.6 Å². The Bertz CT molecular complexity index is 370. The van der Waals surface area contributed by atoms with E-state index in [-0.39, 0.29) is 32.1 Å². The van der Waals surface area contributed by atoms with Crippen LogP contribution in [-0.2, 0) is 9.59 Å². The number of hydrogen-bond acceptors (Lipinski definition) is 2. The lowest BCUT2D eigenvalue weighted by molar-refractivity contribution is -0.187. The van der Waals surface area contributed by atoms with Gasteiger partial charge in [-0.3, -0.25) is 9.59 Å². The van der Waals surface area contributed by atoms with Gasteiger partial charge in [-0.2, -0.15) is 13.2 Å². The van der Waals surface area contributed by atoms with Crippen LogP contribution in [0, 0.1) is 5.92 Å². The van der Waals surface area contributed by atoms with Crippen molar-refractivity contribution >= 4 is 11.8 Å². The van der Waals surface area contributed by atoms with Crippen LogP contribution in [0.1, 0.15) is 32.1 Å². The van der Waals surface area contributed by atoms with E-state index in [1.54, 1.807) is 4.90 Å². The Morgan fingerprint density at radius 1 is 0.950 bits per heavy atom. The summed E-state index contributed by atoms with van der Waals surface area (Å²) in [5.41, 5.74) is 0. The standard InChI is InChI=1S/C13H19F3N2O2/c14-13(15,16)12(20)18-7-5-17(6-8-18)11(19)9-10-3-1-2-4-10/h10H,1-9H2. The predicted molar refractivity (Wildman–Crippen MR) is 65.8 cm³/mol. The minimum atomic E-state index is -4.82. The number of alkyl halides is 3. The third-order valence-electron chi connectivity index (χ3n) is 4.10. The quantitative estimate of drug-likeness (QED) is 0.778. The van der Waals surface area contributed by atoms with E-state index in [2.05, 4.69) is 0 Å². The molecule has 2 amide bonds. The van der Waals surface area contributed by atoms with E-state index in [0.29, 0.717) is 12.3 Å². The Labute approximate surface area is 115 Å². The molecular formula is C13H19F3N2O2. The lowest BCUT2D eigenvalue weighted by Gasteiger charge is -2.35. The topological polar surface area (TPSA) is 40.6 Å². The van der Waals surface area contributed by atoms with Crippen LogP contribution in [0.15, 0.2) is 0 Å². The van der Waals surface area contributed by atoms with Gasteiger partial charge < -0.3 is 9.80 Å². The van der Waals surface area contributed by atoms with Crippen molar-refractivity contribution in [2.45, 2.75) is 38.3 Å². The maximum atomic E-state index is 12.3. The summed E-state index contributed by atoms with van der Waals surface area (Å²) in [5, 5.41) is 0. The van der Waals surface area contributed by atoms with Gasteiger partial charge >= 0.3 is 12.1 Å². The summed E-state index contributed by atoms with van der Waals surface area (Å²) in [6.07, 6.45) is 0.122. The van der Waals surface area contributed by atoms with Crippen LogP contribution in [0.3, 0.4) is 0 Å². The van der Waals surface area contributed by atoms with Crippen molar-refractivity contribution in [2.24, 2.45) is 5.92 Å². The van der Waals surface area contributed by atoms with E-state index in [1.165, 1.54) is 0 Å². The van der Waals surface area contributed by atoms with E-state index in [1.807, 2.05) is 0 Å². The average Bonchev–Trinajstić information content (AvgIpc) is 2.90. The molecule has 0 aromatic rings. The van der Waals surface area contributed by atoms with Gasteiger partial charge in [-0.05, 0) is 18.8 Å². The minimum absolute atomic E-state index is 0.0102. The summed E-state index contributed by atoms with van der Waals surface area (Å²) >= 11 is 0. The Balaban J connectivity index is 1.78. The Kier molecular flexibility index (Phi) is 4.55. The zero-order valence-corrected chi connectivity index (χ0v) is 11.3. The first-order chi connectivity index (χ1) is 9.38. The molecule has 2 aliphatic rings. The first kappa shape index (κ1) is 15.1. The molecule has 1 heterocycles. The molecular weight excluding hydrogens is 273 g/mol. The highest BCUT2D eigenvalue weighted by molar-refractivity contribution is 5.82. The zero-order chi connectivity index (χ0) is 14.8. The second-order valence-corrected chi connectivity index (χ2v) is 5.53. The molecule has 0 spiro atoms. The van der Waals surface area contributed by atoms with Crippen molar-refractivity contribution in [1.29, 1.82) is 0 Å². The fourth-order valence-electron chi connectivity index (χ4n) is 2.93. The lowest BCUT2D eigenvalue weighted by Crippen LogP contribution is -2.53. The molecule has 0 aromatic carbocycles. The number of carbonyl (C=O) groups is 2. The summed E-state index contributed by atoms with van der Waals surface area (Å²) in [7, 11) is 0. The van der Waals surface area contributed by atoms with Crippen molar-refractivity contribution in [1.82, 2.24) is 9.80 Å². The first-order valence-corrected chi connectivity index (χ1v) is 7.02. The SMILES string of the molecule is O=C(CC1CCCC1)N1CCN(C(=O)C(F)(F)F)CC1. The van der Waals surface area contributed by atoms with Gasteiger partial charge in [0.1, 0.15) is 0 Å². The number of halogens is 3.